The molecule has 3 aromatic carbocycles. The number of methoxy groups -OCH3 is 1. The number of ketones is 1. The third kappa shape index (κ3) is 3.91. The Morgan fingerprint density at radius 2 is 1.69 bits per heavy atom. The molecule has 0 radical (unpaired) electrons. The van der Waals surface area contributed by atoms with Crippen LogP contribution in [0.4, 0.5) is 10.8 Å². The van der Waals surface area contributed by atoms with E-state index in [1.165, 1.54) is 16.2 Å². The van der Waals surface area contributed by atoms with Crippen LogP contribution in [-0.2, 0) is 9.59 Å². The van der Waals surface area contributed by atoms with E-state index in [4.69, 9.17) is 4.74 Å². The number of aliphatic hydroxyl groups excluding tert-OH is 1. The summed E-state index contributed by atoms with van der Waals surface area (Å²) in [4.78, 5) is 34.7. The number of hydrogen-bond acceptors (Lipinski definition) is 7. The molecular formula is C27H23N3O4S. The maximum Gasteiger partial charge on any atom is 0.301 e. The van der Waals surface area contributed by atoms with Gasteiger partial charge in [-0.2, -0.15) is 0 Å². The number of fused-ring (bicyclic) bond motifs is 1. The molecule has 2 heterocycles. The van der Waals surface area contributed by atoms with Crippen molar-refractivity contribution in [2.75, 3.05) is 31.0 Å². The topological polar surface area (TPSA) is 83.0 Å². The van der Waals surface area contributed by atoms with E-state index in [1.54, 1.807) is 31.4 Å². The Morgan fingerprint density at radius 3 is 2.31 bits per heavy atom. The van der Waals surface area contributed by atoms with Crippen LogP contribution in [-0.4, -0.2) is 43.0 Å². The smallest absolute Gasteiger partial charge is 0.301 e. The summed E-state index contributed by atoms with van der Waals surface area (Å²) in [5, 5.41) is 11.7. The van der Waals surface area contributed by atoms with Crippen molar-refractivity contribution in [3.63, 3.8) is 0 Å². The lowest BCUT2D eigenvalue weighted by Gasteiger charge is -2.23. The molecule has 35 heavy (non-hydrogen) atoms. The van der Waals surface area contributed by atoms with Crippen LogP contribution >= 0.6 is 11.3 Å². The van der Waals surface area contributed by atoms with Crippen molar-refractivity contribution in [3.8, 4) is 5.75 Å². The number of nitrogens with zero attached hydrogens (tertiary/aromatic N) is 3. The van der Waals surface area contributed by atoms with Gasteiger partial charge in [-0.25, -0.2) is 4.98 Å². The molecule has 1 unspecified atom stereocenters. The van der Waals surface area contributed by atoms with E-state index in [-0.39, 0.29) is 11.3 Å². The van der Waals surface area contributed by atoms with Gasteiger partial charge in [0.25, 0.3) is 5.78 Å². The summed E-state index contributed by atoms with van der Waals surface area (Å²) in [5.74, 6) is -1.09. The lowest BCUT2D eigenvalue weighted by atomic mass is 9.95. The van der Waals surface area contributed by atoms with Gasteiger partial charge >= 0.3 is 5.91 Å². The van der Waals surface area contributed by atoms with Crippen molar-refractivity contribution >= 4 is 49.8 Å². The van der Waals surface area contributed by atoms with E-state index in [0.717, 1.165) is 15.9 Å². The highest BCUT2D eigenvalue weighted by Crippen LogP contribution is 2.44. The monoisotopic (exact) mass is 485 g/mol. The van der Waals surface area contributed by atoms with Crippen LogP contribution in [0.3, 0.4) is 0 Å². The average molecular weight is 486 g/mol. The number of ether oxygens (including phenoxy) is 1. The van der Waals surface area contributed by atoms with Crippen molar-refractivity contribution in [1.82, 2.24) is 4.98 Å². The second kappa shape index (κ2) is 8.88. The van der Waals surface area contributed by atoms with Crippen LogP contribution in [0.5, 0.6) is 5.75 Å². The first-order chi connectivity index (χ1) is 16.9. The molecular weight excluding hydrogens is 462 g/mol. The minimum atomic E-state index is -0.825. The van der Waals surface area contributed by atoms with Crippen LogP contribution in [0, 0.1) is 0 Å². The Bertz CT molecular complexity index is 1420. The molecule has 1 saturated heterocycles. The number of carbonyl (C=O) groups excluding carboxylic acids is 2. The first kappa shape index (κ1) is 22.6. The molecule has 1 aliphatic rings. The number of aromatic nitrogens is 1. The number of benzene rings is 3. The number of para-hydroxylation sites is 1. The fraction of sp³-hybridized carbons (Fsp3) is 0.148. The zero-order valence-corrected chi connectivity index (χ0v) is 20.2. The third-order valence-corrected chi connectivity index (χ3v) is 7.06. The zero-order valence-electron chi connectivity index (χ0n) is 19.4. The quantitative estimate of drug-likeness (QED) is 0.243. The number of thiazole rings is 1. The second-order valence-corrected chi connectivity index (χ2v) is 9.36. The van der Waals surface area contributed by atoms with Gasteiger partial charge in [-0.15, -0.1) is 0 Å². The Labute approximate surface area is 206 Å². The molecule has 5 rings (SSSR count). The normalized spacial score (nSPS) is 17.2. The lowest BCUT2D eigenvalue weighted by molar-refractivity contribution is -0.132. The van der Waals surface area contributed by atoms with Gasteiger partial charge in [0.1, 0.15) is 11.5 Å². The lowest BCUT2D eigenvalue weighted by Crippen LogP contribution is -2.29. The Morgan fingerprint density at radius 1 is 1.00 bits per heavy atom. The fourth-order valence-electron chi connectivity index (χ4n) is 4.17. The van der Waals surface area contributed by atoms with Crippen molar-refractivity contribution in [1.29, 1.82) is 0 Å². The maximum absolute atomic E-state index is 13.4. The standard InChI is InChI=1S/C27H23N3O4S/c1-29(2)18-12-8-16(9-13-18)23-22(24(31)17-10-14-19(34-3)15-11-17)25(32)26(33)30(23)27-28-20-6-4-5-7-21(20)35-27/h4-15,23,31H,1-3H3/b24-22+. The second-order valence-electron chi connectivity index (χ2n) is 8.35. The molecule has 1 amide bonds. The number of anilines is 2. The molecule has 4 aromatic rings. The predicted octanol–water partition coefficient (Wildman–Crippen LogP) is 5.00. The molecule has 1 atom stereocenters. The van der Waals surface area contributed by atoms with Gasteiger partial charge in [-0.3, -0.25) is 14.5 Å². The van der Waals surface area contributed by atoms with Gasteiger partial charge < -0.3 is 14.7 Å². The summed E-state index contributed by atoms with van der Waals surface area (Å²) in [5.41, 5.74) is 2.86. The first-order valence-electron chi connectivity index (χ1n) is 11.0. The van der Waals surface area contributed by atoms with Gasteiger partial charge in [0, 0.05) is 25.3 Å². The molecule has 0 saturated carbocycles. The minimum Gasteiger partial charge on any atom is -0.507 e. The van der Waals surface area contributed by atoms with E-state index in [0.29, 0.717) is 22.0 Å². The Balaban J connectivity index is 1.70. The first-order valence-corrected chi connectivity index (χ1v) is 11.8. The molecule has 1 N–H and O–H groups in total. The number of aliphatic hydroxyl groups is 1. The van der Waals surface area contributed by atoms with Crippen LogP contribution in [0.15, 0.2) is 78.4 Å². The molecule has 1 aromatic heterocycles. The summed E-state index contributed by atoms with van der Waals surface area (Å²) in [7, 11) is 5.42. The summed E-state index contributed by atoms with van der Waals surface area (Å²) in [6.07, 6.45) is 0. The molecule has 0 aliphatic carbocycles. The third-order valence-electron chi connectivity index (χ3n) is 6.02. The van der Waals surface area contributed by atoms with E-state index >= 15 is 0 Å². The number of carbonyl (C=O) groups is 2. The number of hydrogen-bond donors (Lipinski definition) is 1. The zero-order chi connectivity index (χ0) is 24.7. The summed E-state index contributed by atoms with van der Waals surface area (Å²) in [6.45, 7) is 0. The highest BCUT2D eigenvalue weighted by atomic mass is 32.1. The maximum atomic E-state index is 13.4. The molecule has 1 fully saturated rings. The van der Waals surface area contributed by atoms with E-state index in [2.05, 4.69) is 4.98 Å². The number of rotatable bonds is 5. The van der Waals surface area contributed by atoms with Gasteiger partial charge in [-0.1, -0.05) is 35.6 Å². The molecule has 0 bridgehead atoms. The predicted molar refractivity (Wildman–Crippen MR) is 138 cm³/mol. The molecule has 8 heteroatoms. The summed E-state index contributed by atoms with van der Waals surface area (Å²) < 4.78 is 6.10. The molecule has 0 spiro atoms. The van der Waals surface area contributed by atoms with Gasteiger partial charge in [0.2, 0.25) is 0 Å². The van der Waals surface area contributed by atoms with Crippen molar-refractivity contribution in [2.24, 2.45) is 0 Å². The summed E-state index contributed by atoms with van der Waals surface area (Å²) in [6, 6.07) is 21.0. The van der Waals surface area contributed by atoms with Gasteiger partial charge in [0.05, 0.1) is 28.9 Å². The highest BCUT2D eigenvalue weighted by molar-refractivity contribution is 7.22. The Kier molecular flexibility index (Phi) is 5.74. The van der Waals surface area contributed by atoms with Crippen molar-refractivity contribution in [2.45, 2.75) is 6.04 Å². The van der Waals surface area contributed by atoms with Gasteiger partial charge in [-0.05, 0) is 54.1 Å². The number of Topliss-reactive ketones (excluding diaryl/α,β-unsaturated/α-hetero) is 1. The molecule has 1 aliphatic heterocycles. The van der Waals surface area contributed by atoms with Crippen LogP contribution < -0.4 is 14.5 Å². The Hall–Kier alpha value is -4.17. The van der Waals surface area contributed by atoms with Gasteiger partial charge in [0.15, 0.2) is 5.13 Å². The molecule has 7 nitrogen and oxygen atoms in total. The largest absolute Gasteiger partial charge is 0.507 e. The highest BCUT2D eigenvalue weighted by Gasteiger charge is 2.48. The minimum absolute atomic E-state index is 0.0250. The van der Waals surface area contributed by atoms with Crippen molar-refractivity contribution in [3.05, 3.63) is 89.5 Å². The molecule has 176 valence electrons. The van der Waals surface area contributed by atoms with Crippen LogP contribution in [0.2, 0.25) is 0 Å². The number of amides is 1. The van der Waals surface area contributed by atoms with Crippen molar-refractivity contribution < 1.29 is 19.4 Å². The van der Waals surface area contributed by atoms with E-state index in [9.17, 15) is 14.7 Å². The summed E-state index contributed by atoms with van der Waals surface area (Å²) >= 11 is 1.33. The van der Waals surface area contributed by atoms with Crippen LogP contribution in [0.25, 0.3) is 16.0 Å². The van der Waals surface area contributed by atoms with Crippen LogP contribution in [0.1, 0.15) is 17.2 Å². The van der Waals surface area contributed by atoms with E-state index in [1.807, 2.05) is 67.5 Å². The average Bonchev–Trinajstić information content (AvgIpc) is 3.42. The SMILES string of the molecule is COc1ccc(/C(O)=C2\C(=O)C(=O)N(c3nc4ccccc4s3)C2c2ccc(N(C)C)cc2)cc1. The fourth-order valence-corrected chi connectivity index (χ4v) is 5.16. The van der Waals surface area contributed by atoms with E-state index < -0.39 is 17.7 Å².